The van der Waals surface area contributed by atoms with Crippen LogP contribution in [0.2, 0.25) is 0 Å². The van der Waals surface area contributed by atoms with Crippen LogP contribution in [0.1, 0.15) is 13.3 Å². The molecule has 0 radical (unpaired) electrons. The minimum absolute atomic E-state index is 0.162. The second-order valence-electron chi connectivity index (χ2n) is 8.02. The first-order chi connectivity index (χ1) is 17.6. The first kappa shape index (κ1) is 21.5. The van der Waals surface area contributed by atoms with Gasteiger partial charge in [0.1, 0.15) is 17.0 Å². The zero-order chi connectivity index (χ0) is 24.6. The van der Waals surface area contributed by atoms with E-state index < -0.39 is 5.82 Å². The van der Waals surface area contributed by atoms with Gasteiger partial charge in [-0.05, 0) is 29.8 Å². The Labute approximate surface area is 203 Å². The molecule has 0 unspecified atom stereocenters. The summed E-state index contributed by atoms with van der Waals surface area (Å²) in [5.41, 5.74) is 4.67. The lowest BCUT2D eigenvalue weighted by molar-refractivity contribution is -0.115. The molecule has 0 aliphatic heterocycles. The predicted molar refractivity (Wildman–Crippen MR) is 132 cm³/mol. The van der Waals surface area contributed by atoms with Gasteiger partial charge in [0, 0.05) is 54.1 Å². The molecule has 10 nitrogen and oxygen atoms in total. The van der Waals surface area contributed by atoms with E-state index in [4.69, 9.17) is 4.98 Å². The number of pyridine rings is 4. The number of halogens is 1. The summed E-state index contributed by atoms with van der Waals surface area (Å²) in [6, 6.07) is 7.28. The van der Waals surface area contributed by atoms with Crippen molar-refractivity contribution in [2.45, 2.75) is 13.3 Å². The van der Waals surface area contributed by atoms with Crippen LogP contribution in [0.4, 0.5) is 10.1 Å². The summed E-state index contributed by atoms with van der Waals surface area (Å²) in [5, 5.41) is 9.99. The fourth-order valence-corrected chi connectivity index (χ4v) is 4.02. The van der Waals surface area contributed by atoms with Crippen molar-refractivity contribution in [3.8, 4) is 33.8 Å². The smallest absolute Gasteiger partial charge is 0.224 e. The van der Waals surface area contributed by atoms with Crippen molar-refractivity contribution >= 4 is 33.8 Å². The number of carbonyl (C=O) groups excluding carboxylic acids is 1. The third-order valence-corrected chi connectivity index (χ3v) is 5.78. The van der Waals surface area contributed by atoms with Crippen LogP contribution in [-0.2, 0) is 4.79 Å². The number of hydrogen-bond donors (Lipinski definition) is 3. The lowest BCUT2D eigenvalue weighted by Crippen LogP contribution is -2.09. The van der Waals surface area contributed by atoms with Gasteiger partial charge in [-0.15, -0.1) is 0 Å². The number of aromatic amines is 2. The Morgan fingerprint density at radius 1 is 0.972 bits per heavy atom. The van der Waals surface area contributed by atoms with E-state index in [1.807, 2.05) is 18.2 Å². The zero-order valence-corrected chi connectivity index (χ0v) is 19.0. The number of hydrogen-bond acceptors (Lipinski definition) is 7. The fourth-order valence-electron chi connectivity index (χ4n) is 4.02. The number of H-pyrrole nitrogens is 2. The summed E-state index contributed by atoms with van der Waals surface area (Å²) in [6.45, 7) is 1.75. The van der Waals surface area contributed by atoms with Gasteiger partial charge >= 0.3 is 0 Å². The monoisotopic (exact) mass is 479 g/mol. The van der Waals surface area contributed by atoms with E-state index in [-0.39, 0.29) is 28.2 Å². The molecule has 0 aliphatic carbocycles. The summed E-state index contributed by atoms with van der Waals surface area (Å²) in [4.78, 5) is 36.6. The maximum absolute atomic E-state index is 15.9. The molecule has 6 heterocycles. The van der Waals surface area contributed by atoms with E-state index in [2.05, 4.69) is 40.4 Å². The second kappa shape index (κ2) is 8.62. The number of aromatic nitrogens is 8. The van der Waals surface area contributed by atoms with Crippen LogP contribution in [0.15, 0.2) is 61.4 Å². The molecule has 0 bridgehead atoms. The molecule has 6 aromatic rings. The van der Waals surface area contributed by atoms with Crippen LogP contribution in [-0.4, -0.2) is 46.0 Å². The van der Waals surface area contributed by atoms with Crippen LogP contribution in [0.3, 0.4) is 0 Å². The Bertz CT molecular complexity index is 1740. The number of nitrogens with one attached hydrogen (secondary N) is 3. The first-order valence-electron chi connectivity index (χ1n) is 11.2. The highest BCUT2D eigenvalue weighted by atomic mass is 19.1. The van der Waals surface area contributed by atoms with Gasteiger partial charge in [-0.3, -0.25) is 19.9 Å². The van der Waals surface area contributed by atoms with E-state index >= 15 is 4.39 Å². The van der Waals surface area contributed by atoms with Crippen LogP contribution in [0.5, 0.6) is 0 Å². The van der Waals surface area contributed by atoms with Gasteiger partial charge in [0.15, 0.2) is 17.1 Å². The molecule has 0 saturated heterocycles. The van der Waals surface area contributed by atoms with Crippen LogP contribution < -0.4 is 5.32 Å². The molecule has 0 fully saturated rings. The standard InChI is InChI=1S/C25H18FN9O/c1-2-18(36)31-15-9-14(10-28-11-15)17-12-30-23-19(20(17)26)22(34-35-23)25-32-21-16(5-8-29-24(21)33-25)13-3-6-27-7-4-13/h3-12H,2H2,1H3,(H,31,36)(H,29,32,33)(H,30,34,35). The highest BCUT2D eigenvalue weighted by Crippen LogP contribution is 2.34. The van der Waals surface area contributed by atoms with Gasteiger partial charge in [0.2, 0.25) is 5.91 Å². The zero-order valence-electron chi connectivity index (χ0n) is 19.0. The van der Waals surface area contributed by atoms with E-state index in [0.29, 0.717) is 34.7 Å². The van der Waals surface area contributed by atoms with Crippen molar-refractivity contribution in [1.82, 2.24) is 40.1 Å². The van der Waals surface area contributed by atoms with Crippen molar-refractivity contribution in [1.29, 1.82) is 0 Å². The number of amides is 1. The number of rotatable bonds is 5. The number of carbonyl (C=O) groups is 1. The molecule has 6 rings (SSSR count). The summed E-state index contributed by atoms with van der Waals surface area (Å²) in [7, 11) is 0. The maximum atomic E-state index is 15.9. The van der Waals surface area contributed by atoms with Gasteiger partial charge in [0.25, 0.3) is 0 Å². The summed E-state index contributed by atoms with van der Waals surface area (Å²) >= 11 is 0. The molecule has 0 aromatic carbocycles. The Balaban J connectivity index is 1.47. The van der Waals surface area contributed by atoms with Crippen LogP contribution in [0.25, 0.3) is 56.0 Å². The van der Waals surface area contributed by atoms with Crippen molar-refractivity contribution in [2.75, 3.05) is 5.32 Å². The Morgan fingerprint density at radius 2 is 1.83 bits per heavy atom. The fraction of sp³-hybridized carbons (Fsp3) is 0.0800. The normalized spacial score (nSPS) is 11.3. The van der Waals surface area contributed by atoms with E-state index in [1.54, 1.807) is 31.6 Å². The maximum Gasteiger partial charge on any atom is 0.224 e. The predicted octanol–water partition coefficient (Wildman–Crippen LogP) is 4.51. The van der Waals surface area contributed by atoms with Crippen LogP contribution >= 0.6 is 0 Å². The Kier molecular flexibility index (Phi) is 5.14. The molecule has 36 heavy (non-hydrogen) atoms. The first-order valence-corrected chi connectivity index (χ1v) is 11.2. The Hall–Kier alpha value is -5.06. The van der Waals surface area contributed by atoms with Gasteiger partial charge in [-0.2, -0.15) is 5.10 Å². The lowest BCUT2D eigenvalue weighted by Gasteiger charge is -2.07. The van der Waals surface area contributed by atoms with Gasteiger partial charge < -0.3 is 10.3 Å². The highest BCUT2D eigenvalue weighted by Gasteiger charge is 2.21. The van der Waals surface area contributed by atoms with Gasteiger partial charge in [-0.1, -0.05) is 6.92 Å². The molecule has 6 aromatic heterocycles. The quantitative estimate of drug-likeness (QED) is 0.331. The van der Waals surface area contributed by atoms with E-state index in [9.17, 15) is 4.79 Å². The molecule has 11 heteroatoms. The Morgan fingerprint density at radius 3 is 2.67 bits per heavy atom. The van der Waals surface area contributed by atoms with Crippen molar-refractivity contribution < 1.29 is 9.18 Å². The van der Waals surface area contributed by atoms with Crippen LogP contribution in [0, 0.1) is 5.82 Å². The SMILES string of the molecule is CCC(=O)Nc1cncc(-c2cnc3[nH]nc(-c4nc5c(-c6ccncc6)ccnc5[nH]4)c3c2F)c1. The summed E-state index contributed by atoms with van der Waals surface area (Å²) in [5.74, 6) is -0.345. The number of imidazole rings is 1. The lowest BCUT2D eigenvalue weighted by atomic mass is 10.1. The number of anilines is 1. The third-order valence-electron chi connectivity index (χ3n) is 5.78. The summed E-state index contributed by atoms with van der Waals surface area (Å²) in [6.07, 6.45) is 9.84. The average Bonchev–Trinajstić information content (AvgIpc) is 3.54. The summed E-state index contributed by atoms with van der Waals surface area (Å²) < 4.78 is 15.9. The molecule has 0 aliphatic rings. The molecular weight excluding hydrogens is 461 g/mol. The molecule has 0 atom stereocenters. The van der Waals surface area contributed by atoms with Crippen molar-refractivity contribution in [2.24, 2.45) is 0 Å². The molecule has 0 spiro atoms. The van der Waals surface area contributed by atoms with Gasteiger partial charge in [0.05, 0.1) is 17.3 Å². The average molecular weight is 479 g/mol. The van der Waals surface area contributed by atoms with E-state index in [1.165, 1.54) is 18.6 Å². The molecular formula is C25H18FN9O. The molecule has 1 amide bonds. The molecule has 176 valence electrons. The minimum atomic E-state index is -0.535. The van der Waals surface area contributed by atoms with Crippen molar-refractivity contribution in [3.05, 3.63) is 67.3 Å². The largest absolute Gasteiger partial charge is 0.325 e. The second-order valence-corrected chi connectivity index (χ2v) is 8.02. The molecule has 3 N–H and O–H groups in total. The van der Waals surface area contributed by atoms with E-state index in [0.717, 1.165) is 11.1 Å². The van der Waals surface area contributed by atoms with Crippen molar-refractivity contribution in [3.63, 3.8) is 0 Å². The molecule has 0 saturated carbocycles. The topological polar surface area (TPSA) is 138 Å². The third kappa shape index (κ3) is 3.63. The number of fused-ring (bicyclic) bond motifs is 2. The highest BCUT2D eigenvalue weighted by molar-refractivity contribution is 5.97. The van der Waals surface area contributed by atoms with Gasteiger partial charge in [-0.25, -0.2) is 19.3 Å². The number of nitrogens with zero attached hydrogens (tertiary/aromatic N) is 6. The minimum Gasteiger partial charge on any atom is -0.325 e.